The van der Waals surface area contributed by atoms with Gasteiger partial charge in [0.1, 0.15) is 11.4 Å². The minimum atomic E-state index is -3.88. The van der Waals surface area contributed by atoms with Gasteiger partial charge in [0.2, 0.25) is 15.9 Å². The largest absolute Gasteiger partial charge is 0.477 e. The maximum atomic E-state index is 11.4. The SMILES string of the molecule is CCOc1ncnc(SCC)c1S(N)(=O)=O. The molecule has 1 heterocycles. The molecule has 0 saturated carbocycles. The average molecular weight is 263 g/mol. The van der Waals surface area contributed by atoms with Crippen molar-refractivity contribution in [3.8, 4) is 5.88 Å². The Balaban J connectivity index is 3.35. The number of hydrogen-bond acceptors (Lipinski definition) is 6. The second kappa shape index (κ2) is 5.46. The number of ether oxygens (including phenoxy) is 1. The molecule has 0 aliphatic heterocycles. The van der Waals surface area contributed by atoms with E-state index in [4.69, 9.17) is 9.88 Å². The van der Waals surface area contributed by atoms with Crippen molar-refractivity contribution in [1.82, 2.24) is 9.97 Å². The fourth-order valence-electron chi connectivity index (χ4n) is 1.06. The topological polar surface area (TPSA) is 95.2 Å². The normalized spacial score (nSPS) is 11.4. The minimum Gasteiger partial charge on any atom is -0.477 e. The van der Waals surface area contributed by atoms with Crippen LogP contribution in [0.2, 0.25) is 0 Å². The first-order chi connectivity index (χ1) is 7.50. The third kappa shape index (κ3) is 3.06. The molecule has 1 aromatic rings. The number of rotatable bonds is 5. The van der Waals surface area contributed by atoms with Crippen molar-refractivity contribution in [2.75, 3.05) is 12.4 Å². The van der Waals surface area contributed by atoms with Crippen molar-refractivity contribution < 1.29 is 13.2 Å². The van der Waals surface area contributed by atoms with E-state index in [0.29, 0.717) is 17.4 Å². The summed E-state index contributed by atoms with van der Waals surface area (Å²) in [6.07, 6.45) is 1.26. The highest BCUT2D eigenvalue weighted by atomic mass is 32.2. The lowest BCUT2D eigenvalue weighted by atomic mass is 10.6. The lowest BCUT2D eigenvalue weighted by molar-refractivity contribution is 0.313. The molecule has 0 aliphatic rings. The molecule has 0 saturated heterocycles. The predicted octanol–water partition coefficient (Wildman–Crippen LogP) is 0.635. The molecular formula is C8H13N3O3S2. The Labute approximate surface area is 98.7 Å². The van der Waals surface area contributed by atoms with Crippen LogP contribution in [-0.2, 0) is 10.0 Å². The van der Waals surface area contributed by atoms with Crippen LogP contribution in [0.1, 0.15) is 13.8 Å². The Bertz CT molecular complexity index is 437. The molecule has 0 atom stereocenters. The van der Waals surface area contributed by atoms with E-state index in [2.05, 4.69) is 9.97 Å². The highest BCUT2D eigenvalue weighted by Gasteiger charge is 2.22. The zero-order chi connectivity index (χ0) is 12.2. The highest BCUT2D eigenvalue weighted by Crippen LogP contribution is 2.29. The lowest BCUT2D eigenvalue weighted by Crippen LogP contribution is -2.16. The van der Waals surface area contributed by atoms with Crippen molar-refractivity contribution in [3.05, 3.63) is 6.33 Å². The third-order valence-electron chi connectivity index (χ3n) is 1.59. The first-order valence-corrected chi connectivity index (χ1v) is 7.17. The maximum Gasteiger partial charge on any atom is 0.246 e. The zero-order valence-corrected chi connectivity index (χ0v) is 10.6. The number of hydrogen-bond donors (Lipinski definition) is 1. The smallest absolute Gasteiger partial charge is 0.246 e. The number of sulfonamides is 1. The molecule has 0 amide bonds. The molecule has 8 heteroatoms. The second-order valence-corrected chi connectivity index (χ2v) is 5.48. The molecule has 0 aliphatic carbocycles. The van der Waals surface area contributed by atoms with E-state index in [0.717, 1.165) is 0 Å². The summed E-state index contributed by atoms with van der Waals surface area (Å²) in [5.74, 6) is 0.696. The van der Waals surface area contributed by atoms with Gasteiger partial charge < -0.3 is 4.74 Å². The fraction of sp³-hybridized carbons (Fsp3) is 0.500. The summed E-state index contributed by atoms with van der Waals surface area (Å²) in [6, 6.07) is 0. The van der Waals surface area contributed by atoms with Crippen molar-refractivity contribution in [3.63, 3.8) is 0 Å². The van der Waals surface area contributed by atoms with E-state index in [1.54, 1.807) is 6.92 Å². The number of nitrogens with two attached hydrogens (primary N) is 1. The van der Waals surface area contributed by atoms with Crippen LogP contribution in [0.25, 0.3) is 0 Å². The molecule has 6 nitrogen and oxygen atoms in total. The Morgan fingerprint density at radius 1 is 1.44 bits per heavy atom. The summed E-state index contributed by atoms with van der Waals surface area (Å²) in [7, 11) is -3.88. The van der Waals surface area contributed by atoms with Crippen LogP contribution in [0.15, 0.2) is 16.2 Å². The van der Waals surface area contributed by atoms with Crippen LogP contribution in [0.3, 0.4) is 0 Å². The summed E-state index contributed by atoms with van der Waals surface area (Å²) < 4.78 is 28.0. The van der Waals surface area contributed by atoms with Crippen LogP contribution in [0, 0.1) is 0 Å². The van der Waals surface area contributed by atoms with E-state index >= 15 is 0 Å². The van der Waals surface area contributed by atoms with Crippen LogP contribution >= 0.6 is 11.8 Å². The van der Waals surface area contributed by atoms with Gasteiger partial charge in [-0.2, -0.15) is 0 Å². The number of thioether (sulfide) groups is 1. The molecule has 0 aromatic carbocycles. The molecule has 0 radical (unpaired) electrons. The van der Waals surface area contributed by atoms with E-state index in [9.17, 15) is 8.42 Å². The van der Waals surface area contributed by atoms with Gasteiger partial charge in [-0.1, -0.05) is 6.92 Å². The molecule has 16 heavy (non-hydrogen) atoms. The van der Waals surface area contributed by atoms with Gasteiger partial charge in [0.15, 0.2) is 4.90 Å². The molecule has 0 fully saturated rings. The first-order valence-electron chi connectivity index (χ1n) is 4.64. The van der Waals surface area contributed by atoms with Gasteiger partial charge in [0.25, 0.3) is 0 Å². The summed E-state index contributed by atoms with van der Waals surface area (Å²) >= 11 is 1.28. The molecule has 0 spiro atoms. The van der Waals surface area contributed by atoms with Gasteiger partial charge in [-0.25, -0.2) is 23.5 Å². The van der Waals surface area contributed by atoms with E-state index < -0.39 is 10.0 Å². The number of nitrogens with zero attached hydrogens (tertiary/aromatic N) is 2. The first kappa shape index (κ1) is 13.2. The van der Waals surface area contributed by atoms with Crippen molar-refractivity contribution >= 4 is 21.8 Å². The van der Waals surface area contributed by atoms with Crippen molar-refractivity contribution in [1.29, 1.82) is 0 Å². The standard InChI is InChI=1S/C8H13N3O3S2/c1-3-14-7-6(16(9,12)13)8(15-4-2)11-5-10-7/h5H,3-4H2,1-2H3,(H2,9,12,13). The summed E-state index contributed by atoms with van der Waals surface area (Å²) in [5, 5.41) is 5.44. The van der Waals surface area contributed by atoms with Gasteiger partial charge in [-0.15, -0.1) is 11.8 Å². The maximum absolute atomic E-state index is 11.4. The fourth-order valence-corrected chi connectivity index (χ4v) is 2.85. The third-order valence-corrected chi connectivity index (χ3v) is 3.52. The molecule has 90 valence electrons. The molecule has 1 aromatic heterocycles. The van der Waals surface area contributed by atoms with Gasteiger partial charge in [-0.3, -0.25) is 0 Å². The van der Waals surface area contributed by atoms with E-state index in [-0.39, 0.29) is 10.8 Å². The highest BCUT2D eigenvalue weighted by molar-refractivity contribution is 8.00. The van der Waals surface area contributed by atoms with Crippen LogP contribution < -0.4 is 9.88 Å². The van der Waals surface area contributed by atoms with Crippen LogP contribution in [0.4, 0.5) is 0 Å². The van der Waals surface area contributed by atoms with Crippen molar-refractivity contribution in [2.24, 2.45) is 5.14 Å². The summed E-state index contributed by atoms with van der Waals surface area (Å²) in [5.41, 5.74) is 0. The summed E-state index contributed by atoms with van der Waals surface area (Å²) in [4.78, 5) is 7.53. The Kier molecular flexibility index (Phi) is 4.51. The van der Waals surface area contributed by atoms with E-state index in [1.165, 1.54) is 18.1 Å². The second-order valence-electron chi connectivity index (χ2n) is 2.72. The molecule has 2 N–H and O–H groups in total. The number of primary sulfonamides is 1. The predicted molar refractivity (Wildman–Crippen MR) is 61.0 cm³/mol. The number of aromatic nitrogens is 2. The van der Waals surface area contributed by atoms with Crippen LogP contribution in [0.5, 0.6) is 5.88 Å². The quantitative estimate of drug-likeness (QED) is 0.618. The van der Waals surface area contributed by atoms with Gasteiger partial charge in [-0.05, 0) is 12.7 Å². The lowest BCUT2D eigenvalue weighted by Gasteiger charge is -2.09. The Morgan fingerprint density at radius 3 is 2.62 bits per heavy atom. The summed E-state index contributed by atoms with van der Waals surface area (Å²) in [6.45, 7) is 3.94. The van der Waals surface area contributed by atoms with E-state index in [1.807, 2.05) is 6.92 Å². The van der Waals surface area contributed by atoms with Crippen LogP contribution in [-0.4, -0.2) is 30.7 Å². The van der Waals surface area contributed by atoms with Gasteiger partial charge >= 0.3 is 0 Å². The Hall–Kier alpha value is -0.860. The average Bonchev–Trinajstić information content (AvgIpc) is 2.17. The Morgan fingerprint density at radius 2 is 2.12 bits per heavy atom. The molecule has 1 rings (SSSR count). The van der Waals surface area contributed by atoms with Crippen molar-refractivity contribution in [2.45, 2.75) is 23.8 Å². The monoisotopic (exact) mass is 263 g/mol. The molecule has 0 bridgehead atoms. The molecule has 0 unspecified atom stereocenters. The van der Waals surface area contributed by atoms with Gasteiger partial charge in [0.05, 0.1) is 6.61 Å². The van der Waals surface area contributed by atoms with Gasteiger partial charge in [0, 0.05) is 0 Å². The minimum absolute atomic E-state index is 0.0101. The zero-order valence-electron chi connectivity index (χ0n) is 9.00. The molecular weight excluding hydrogens is 250 g/mol.